The molecule has 6 heteroatoms. The molecule has 0 bridgehead atoms. The summed E-state index contributed by atoms with van der Waals surface area (Å²) in [5, 5.41) is 2.94. The number of hydrogen-bond acceptors (Lipinski definition) is 4. The molecule has 3 N–H and O–H groups in total. The summed E-state index contributed by atoms with van der Waals surface area (Å²) in [6, 6.07) is 0.308. The van der Waals surface area contributed by atoms with Gasteiger partial charge in [0.05, 0.1) is 6.54 Å². The van der Waals surface area contributed by atoms with Crippen LogP contribution in [-0.4, -0.2) is 52.6 Å². The highest BCUT2D eigenvalue weighted by atomic mass is 16.2. The van der Waals surface area contributed by atoms with Gasteiger partial charge in [0.25, 0.3) is 0 Å². The topological polar surface area (TPSA) is 76.2 Å². The van der Waals surface area contributed by atoms with E-state index in [9.17, 15) is 4.79 Å². The van der Waals surface area contributed by atoms with E-state index in [1.165, 1.54) is 0 Å². The minimum absolute atomic E-state index is 0.0877. The van der Waals surface area contributed by atoms with E-state index >= 15 is 0 Å². The van der Waals surface area contributed by atoms with Crippen molar-refractivity contribution in [1.82, 2.24) is 19.8 Å². The second-order valence-electron chi connectivity index (χ2n) is 5.17. The summed E-state index contributed by atoms with van der Waals surface area (Å²) in [6.07, 6.45) is 6.42. The highest BCUT2D eigenvalue weighted by Gasteiger charge is 2.17. The molecule has 1 aliphatic heterocycles. The molecule has 6 nitrogen and oxygen atoms in total. The molecular weight excluding hydrogens is 242 g/mol. The van der Waals surface area contributed by atoms with Gasteiger partial charge in [-0.3, -0.25) is 9.69 Å². The van der Waals surface area contributed by atoms with Gasteiger partial charge >= 0.3 is 0 Å². The standard InChI is InChI=1S/C13H23N5O/c1-17-9-6-15-12(17)2-5-16-13(19)10-18-7-3-11(14)4-8-18/h6,9,11H,2-5,7-8,10,14H2,1H3,(H,16,19). The second-order valence-corrected chi connectivity index (χ2v) is 5.17. The Morgan fingerprint density at radius 3 is 2.89 bits per heavy atom. The van der Waals surface area contributed by atoms with Crippen molar-refractivity contribution in [2.24, 2.45) is 12.8 Å². The number of hydrogen-bond donors (Lipinski definition) is 2. The van der Waals surface area contributed by atoms with E-state index < -0.39 is 0 Å². The molecule has 1 aliphatic rings. The van der Waals surface area contributed by atoms with Gasteiger partial charge in [-0.15, -0.1) is 0 Å². The van der Waals surface area contributed by atoms with Crippen LogP contribution in [0.1, 0.15) is 18.7 Å². The predicted octanol–water partition coefficient (Wildman–Crippen LogP) is -0.498. The number of carbonyl (C=O) groups is 1. The largest absolute Gasteiger partial charge is 0.355 e. The molecule has 0 unspecified atom stereocenters. The lowest BCUT2D eigenvalue weighted by Crippen LogP contribution is -2.44. The zero-order valence-corrected chi connectivity index (χ0v) is 11.5. The van der Waals surface area contributed by atoms with Crippen LogP contribution in [0.3, 0.4) is 0 Å². The summed E-state index contributed by atoms with van der Waals surface area (Å²) in [7, 11) is 1.96. The van der Waals surface area contributed by atoms with Gasteiger partial charge < -0.3 is 15.6 Å². The van der Waals surface area contributed by atoms with Gasteiger partial charge in [0.1, 0.15) is 5.82 Å². The fourth-order valence-electron chi connectivity index (χ4n) is 2.32. The van der Waals surface area contributed by atoms with Gasteiger partial charge in [-0.1, -0.05) is 0 Å². The predicted molar refractivity (Wildman–Crippen MR) is 73.6 cm³/mol. The Morgan fingerprint density at radius 1 is 1.53 bits per heavy atom. The Kier molecular flexibility index (Phi) is 4.93. The molecule has 0 atom stereocenters. The van der Waals surface area contributed by atoms with Crippen LogP contribution in [0.15, 0.2) is 12.4 Å². The van der Waals surface area contributed by atoms with Crippen LogP contribution < -0.4 is 11.1 Å². The van der Waals surface area contributed by atoms with Crippen LogP contribution >= 0.6 is 0 Å². The fourth-order valence-corrected chi connectivity index (χ4v) is 2.32. The number of aryl methyl sites for hydroxylation is 1. The molecule has 19 heavy (non-hydrogen) atoms. The van der Waals surface area contributed by atoms with E-state index in [1.807, 2.05) is 17.8 Å². The summed E-state index contributed by atoms with van der Waals surface area (Å²) in [4.78, 5) is 18.2. The van der Waals surface area contributed by atoms with E-state index in [2.05, 4.69) is 15.2 Å². The van der Waals surface area contributed by atoms with Crippen LogP contribution in [-0.2, 0) is 18.3 Å². The van der Waals surface area contributed by atoms with Crippen molar-refractivity contribution in [1.29, 1.82) is 0 Å². The molecule has 106 valence electrons. The van der Waals surface area contributed by atoms with E-state index in [0.717, 1.165) is 38.2 Å². The van der Waals surface area contributed by atoms with Crippen molar-refractivity contribution >= 4 is 5.91 Å². The van der Waals surface area contributed by atoms with E-state index in [1.54, 1.807) is 6.20 Å². The molecule has 0 aromatic carbocycles. The molecule has 0 aliphatic carbocycles. The lowest BCUT2D eigenvalue weighted by Gasteiger charge is -2.29. The summed E-state index contributed by atoms with van der Waals surface area (Å²) in [5.74, 6) is 1.08. The number of nitrogens with two attached hydrogens (primary N) is 1. The Bertz CT molecular complexity index is 409. The first-order chi connectivity index (χ1) is 9.15. The maximum atomic E-state index is 11.8. The normalized spacial score (nSPS) is 17.6. The first-order valence-electron chi connectivity index (χ1n) is 6.86. The van der Waals surface area contributed by atoms with Crippen molar-refractivity contribution in [2.75, 3.05) is 26.2 Å². The third kappa shape index (κ3) is 4.33. The van der Waals surface area contributed by atoms with Crippen LogP contribution in [0.4, 0.5) is 0 Å². The zero-order valence-electron chi connectivity index (χ0n) is 11.5. The summed E-state index contributed by atoms with van der Waals surface area (Å²) in [5.41, 5.74) is 5.84. The number of rotatable bonds is 5. The van der Waals surface area contributed by atoms with Crippen molar-refractivity contribution < 1.29 is 4.79 Å². The minimum atomic E-state index is 0.0877. The van der Waals surface area contributed by atoms with Crippen LogP contribution in [0, 0.1) is 0 Å². The van der Waals surface area contributed by atoms with Crippen LogP contribution in [0.2, 0.25) is 0 Å². The fraction of sp³-hybridized carbons (Fsp3) is 0.692. The third-order valence-corrected chi connectivity index (χ3v) is 3.59. The maximum absolute atomic E-state index is 11.8. The highest BCUT2D eigenvalue weighted by Crippen LogP contribution is 2.07. The Balaban J connectivity index is 1.63. The highest BCUT2D eigenvalue weighted by molar-refractivity contribution is 5.78. The average molecular weight is 265 g/mol. The quantitative estimate of drug-likeness (QED) is 0.753. The van der Waals surface area contributed by atoms with E-state index in [-0.39, 0.29) is 5.91 Å². The molecular formula is C13H23N5O. The second kappa shape index (κ2) is 6.68. The Hall–Kier alpha value is -1.40. The average Bonchev–Trinajstić information content (AvgIpc) is 2.78. The third-order valence-electron chi connectivity index (χ3n) is 3.59. The number of piperidine rings is 1. The first-order valence-corrected chi connectivity index (χ1v) is 6.86. The van der Waals surface area contributed by atoms with Gasteiger partial charge in [-0.25, -0.2) is 4.98 Å². The molecule has 1 aromatic heterocycles. The number of aromatic nitrogens is 2. The number of likely N-dealkylation sites (tertiary alicyclic amines) is 1. The smallest absolute Gasteiger partial charge is 0.234 e. The molecule has 1 fully saturated rings. The number of carbonyl (C=O) groups excluding carboxylic acids is 1. The first kappa shape index (κ1) is 14.0. The maximum Gasteiger partial charge on any atom is 0.234 e. The van der Waals surface area contributed by atoms with Crippen LogP contribution in [0.5, 0.6) is 0 Å². The minimum Gasteiger partial charge on any atom is -0.355 e. The summed E-state index contributed by atoms with van der Waals surface area (Å²) >= 11 is 0. The molecule has 2 rings (SSSR count). The molecule has 1 aromatic rings. The van der Waals surface area contributed by atoms with Crippen molar-refractivity contribution in [3.63, 3.8) is 0 Å². The SMILES string of the molecule is Cn1ccnc1CCNC(=O)CN1CCC(N)CC1. The Labute approximate surface area is 114 Å². The number of nitrogens with one attached hydrogen (secondary N) is 1. The van der Waals surface area contributed by atoms with Gasteiger partial charge in [-0.05, 0) is 12.8 Å². The zero-order chi connectivity index (χ0) is 13.7. The monoisotopic (exact) mass is 265 g/mol. The summed E-state index contributed by atoms with van der Waals surface area (Å²) < 4.78 is 1.97. The molecule has 2 heterocycles. The van der Waals surface area contributed by atoms with Gasteiger partial charge in [0.2, 0.25) is 5.91 Å². The lowest BCUT2D eigenvalue weighted by atomic mass is 10.1. The van der Waals surface area contributed by atoms with E-state index in [0.29, 0.717) is 19.1 Å². The van der Waals surface area contributed by atoms with Gasteiger partial charge in [0, 0.05) is 51.5 Å². The van der Waals surface area contributed by atoms with Crippen molar-refractivity contribution in [3.8, 4) is 0 Å². The molecule has 1 saturated heterocycles. The van der Waals surface area contributed by atoms with Crippen molar-refractivity contribution in [2.45, 2.75) is 25.3 Å². The number of imidazole rings is 1. The van der Waals surface area contributed by atoms with Gasteiger partial charge in [-0.2, -0.15) is 0 Å². The lowest BCUT2D eigenvalue weighted by molar-refractivity contribution is -0.122. The van der Waals surface area contributed by atoms with Crippen molar-refractivity contribution in [3.05, 3.63) is 18.2 Å². The summed E-state index contributed by atoms with van der Waals surface area (Å²) in [6.45, 7) is 2.96. The van der Waals surface area contributed by atoms with Gasteiger partial charge in [0.15, 0.2) is 0 Å². The molecule has 0 saturated carbocycles. The molecule has 0 spiro atoms. The number of amides is 1. The molecule has 1 amide bonds. The number of nitrogens with zero attached hydrogens (tertiary/aromatic N) is 3. The molecule has 0 radical (unpaired) electrons. The van der Waals surface area contributed by atoms with E-state index in [4.69, 9.17) is 5.73 Å². The van der Waals surface area contributed by atoms with Crippen LogP contribution in [0.25, 0.3) is 0 Å². The Morgan fingerprint density at radius 2 is 2.26 bits per heavy atom.